The number of amides is 2. The minimum absolute atomic E-state index is 0.155. The van der Waals surface area contributed by atoms with E-state index in [1.165, 1.54) is 0 Å². The van der Waals surface area contributed by atoms with Gasteiger partial charge in [-0.25, -0.2) is 0 Å². The number of nitrogens with zero attached hydrogens (tertiary/aromatic N) is 1. The molecular weight excluding hydrogens is 242 g/mol. The van der Waals surface area contributed by atoms with Crippen molar-refractivity contribution >= 4 is 17.6 Å². The molecule has 4 heteroatoms. The highest BCUT2D eigenvalue weighted by atomic mass is 16.2. The number of rotatable bonds is 3. The third-order valence-electron chi connectivity index (χ3n) is 3.26. The maximum Gasteiger partial charge on any atom is 0.230 e. The van der Waals surface area contributed by atoms with Gasteiger partial charge in [0, 0.05) is 18.4 Å². The quantitative estimate of drug-likeness (QED) is 0.616. The molecule has 19 heavy (non-hydrogen) atoms. The zero-order valence-electron chi connectivity index (χ0n) is 11.2. The van der Waals surface area contributed by atoms with Crippen molar-refractivity contribution in [3.05, 3.63) is 35.9 Å². The average molecular weight is 259 g/mol. The van der Waals surface area contributed by atoms with E-state index in [1.54, 1.807) is 24.3 Å². The van der Waals surface area contributed by atoms with E-state index in [0.29, 0.717) is 18.4 Å². The number of carbonyl (C=O) groups excluding carboxylic acids is 3. The van der Waals surface area contributed by atoms with Gasteiger partial charge in [0.1, 0.15) is 0 Å². The van der Waals surface area contributed by atoms with Crippen LogP contribution < -0.4 is 0 Å². The molecule has 0 N–H and O–H groups in total. The smallest absolute Gasteiger partial charge is 0.230 e. The van der Waals surface area contributed by atoms with Crippen LogP contribution in [0.1, 0.15) is 37.0 Å². The molecule has 0 bridgehead atoms. The Balaban J connectivity index is 2.10. The lowest BCUT2D eigenvalue weighted by Crippen LogP contribution is -2.48. The van der Waals surface area contributed by atoms with Gasteiger partial charge in [0.15, 0.2) is 5.78 Å². The van der Waals surface area contributed by atoms with Crippen LogP contribution in [0.2, 0.25) is 0 Å². The first-order valence-electron chi connectivity index (χ1n) is 6.30. The van der Waals surface area contributed by atoms with Crippen LogP contribution in [0.15, 0.2) is 30.3 Å². The lowest BCUT2D eigenvalue weighted by molar-refractivity contribution is -0.151. The predicted molar refractivity (Wildman–Crippen MR) is 70.5 cm³/mol. The van der Waals surface area contributed by atoms with Crippen molar-refractivity contribution in [2.75, 3.05) is 6.54 Å². The molecule has 0 aliphatic carbocycles. The van der Waals surface area contributed by atoms with Crippen LogP contribution in [0, 0.1) is 5.41 Å². The molecule has 0 saturated carbocycles. The van der Waals surface area contributed by atoms with Gasteiger partial charge in [0.05, 0.1) is 6.54 Å². The fourth-order valence-electron chi connectivity index (χ4n) is 2.25. The molecule has 1 aromatic carbocycles. The van der Waals surface area contributed by atoms with E-state index >= 15 is 0 Å². The molecular formula is C15H17NO3. The number of likely N-dealkylation sites (tertiary alicyclic amines) is 1. The number of hydrogen-bond acceptors (Lipinski definition) is 3. The highest BCUT2D eigenvalue weighted by Gasteiger charge is 2.38. The molecule has 1 fully saturated rings. The fourth-order valence-corrected chi connectivity index (χ4v) is 2.25. The first-order valence-corrected chi connectivity index (χ1v) is 6.30. The summed E-state index contributed by atoms with van der Waals surface area (Å²) in [5.74, 6) is -0.724. The van der Waals surface area contributed by atoms with E-state index in [9.17, 15) is 14.4 Å². The Labute approximate surface area is 112 Å². The Morgan fingerprint density at radius 2 is 1.63 bits per heavy atom. The molecule has 2 rings (SSSR count). The summed E-state index contributed by atoms with van der Waals surface area (Å²) in [6.45, 7) is 3.62. The zero-order chi connectivity index (χ0) is 14.0. The molecule has 0 atom stereocenters. The SMILES string of the molecule is CC1(C)CC(=O)N(CC(=O)c2ccccc2)C(=O)C1. The minimum Gasteiger partial charge on any atom is -0.292 e. The summed E-state index contributed by atoms with van der Waals surface area (Å²) in [4.78, 5) is 37.0. The second-order valence-corrected chi connectivity index (χ2v) is 5.68. The Kier molecular flexibility index (Phi) is 3.51. The van der Waals surface area contributed by atoms with Gasteiger partial charge in [0.2, 0.25) is 11.8 Å². The highest BCUT2D eigenvalue weighted by Crippen LogP contribution is 2.31. The number of carbonyl (C=O) groups is 3. The summed E-state index contributed by atoms with van der Waals surface area (Å²) < 4.78 is 0. The average Bonchev–Trinajstić information content (AvgIpc) is 2.33. The van der Waals surface area contributed by atoms with Crippen LogP contribution in [0.25, 0.3) is 0 Å². The molecule has 1 aliphatic rings. The molecule has 2 amide bonds. The summed E-state index contributed by atoms with van der Waals surface area (Å²) in [5.41, 5.74) is 0.216. The summed E-state index contributed by atoms with van der Waals surface area (Å²) in [7, 11) is 0. The van der Waals surface area contributed by atoms with Gasteiger partial charge in [-0.3, -0.25) is 19.3 Å². The molecule has 1 aromatic rings. The number of hydrogen-bond donors (Lipinski definition) is 0. The number of imide groups is 1. The number of Topliss-reactive ketones (excluding diaryl/α,β-unsaturated/α-hetero) is 1. The molecule has 4 nitrogen and oxygen atoms in total. The maximum atomic E-state index is 12.0. The van der Waals surface area contributed by atoms with Gasteiger partial charge in [-0.05, 0) is 5.41 Å². The van der Waals surface area contributed by atoms with Crippen LogP contribution in [-0.4, -0.2) is 29.0 Å². The maximum absolute atomic E-state index is 12.0. The van der Waals surface area contributed by atoms with E-state index in [0.717, 1.165) is 4.90 Å². The Bertz CT molecular complexity index is 499. The van der Waals surface area contributed by atoms with Crippen LogP contribution in [0.5, 0.6) is 0 Å². The third kappa shape index (κ3) is 3.08. The van der Waals surface area contributed by atoms with Crippen molar-refractivity contribution in [3.8, 4) is 0 Å². The van der Waals surface area contributed by atoms with Crippen LogP contribution in [-0.2, 0) is 9.59 Å². The van der Waals surface area contributed by atoms with Gasteiger partial charge in [-0.15, -0.1) is 0 Å². The van der Waals surface area contributed by atoms with Gasteiger partial charge in [0.25, 0.3) is 0 Å². The van der Waals surface area contributed by atoms with Crippen molar-refractivity contribution in [2.24, 2.45) is 5.41 Å². The second-order valence-electron chi connectivity index (χ2n) is 5.68. The van der Waals surface area contributed by atoms with Gasteiger partial charge >= 0.3 is 0 Å². The van der Waals surface area contributed by atoms with E-state index in [4.69, 9.17) is 0 Å². The first kappa shape index (κ1) is 13.5. The fraction of sp³-hybridized carbons (Fsp3) is 0.400. The van der Waals surface area contributed by atoms with Crippen molar-refractivity contribution in [3.63, 3.8) is 0 Å². The van der Waals surface area contributed by atoms with Crippen molar-refractivity contribution in [1.82, 2.24) is 4.90 Å². The predicted octanol–water partition coefficient (Wildman–Crippen LogP) is 2.04. The molecule has 0 radical (unpaired) electrons. The van der Waals surface area contributed by atoms with Crippen molar-refractivity contribution in [2.45, 2.75) is 26.7 Å². The molecule has 0 spiro atoms. The number of ketones is 1. The van der Waals surface area contributed by atoms with E-state index in [-0.39, 0.29) is 29.6 Å². The summed E-state index contributed by atoms with van der Waals surface area (Å²) in [6, 6.07) is 8.71. The summed E-state index contributed by atoms with van der Waals surface area (Å²) in [6.07, 6.45) is 0.613. The van der Waals surface area contributed by atoms with Crippen LogP contribution in [0.4, 0.5) is 0 Å². The highest BCUT2D eigenvalue weighted by molar-refractivity contribution is 6.05. The Morgan fingerprint density at radius 1 is 1.11 bits per heavy atom. The van der Waals surface area contributed by atoms with E-state index < -0.39 is 0 Å². The first-order chi connectivity index (χ1) is 8.89. The molecule has 0 unspecified atom stereocenters. The monoisotopic (exact) mass is 259 g/mol. The van der Waals surface area contributed by atoms with Gasteiger partial charge < -0.3 is 0 Å². The molecule has 0 aromatic heterocycles. The third-order valence-corrected chi connectivity index (χ3v) is 3.26. The lowest BCUT2D eigenvalue weighted by Gasteiger charge is -2.34. The topological polar surface area (TPSA) is 54.5 Å². The molecule has 1 heterocycles. The summed E-state index contributed by atoms with van der Waals surface area (Å²) >= 11 is 0. The standard InChI is InChI=1S/C15H17NO3/c1-15(2)8-13(18)16(14(19)9-15)10-12(17)11-6-4-3-5-7-11/h3-7H,8-10H2,1-2H3. The van der Waals surface area contributed by atoms with Crippen LogP contribution in [0.3, 0.4) is 0 Å². The van der Waals surface area contributed by atoms with Crippen molar-refractivity contribution in [1.29, 1.82) is 0 Å². The lowest BCUT2D eigenvalue weighted by atomic mass is 9.81. The molecule has 1 saturated heterocycles. The van der Waals surface area contributed by atoms with Gasteiger partial charge in [-0.2, -0.15) is 0 Å². The van der Waals surface area contributed by atoms with E-state index in [1.807, 2.05) is 19.9 Å². The Morgan fingerprint density at radius 3 is 2.16 bits per heavy atom. The largest absolute Gasteiger partial charge is 0.292 e. The molecule has 100 valence electrons. The Hall–Kier alpha value is -1.97. The van der Waals surface area contributed by atoms with Gasteiger partial charge in [-0.1, -0.05) is 44.2 Å². The number of piperidine rings is 1. The normalized spacial score (nSPS) is 18.5. The minimum atomic E-state index is -0.305. The second kappa shape index (κ2) is 4.96. The van der Waals surface area contributed by atoms with Crippen LogP contribution >= 0.6 is 0 Å². The molecule has 1 aliphatic heterocycles. The van der Waals surface area contributed by atoms with Crippen molar-refractivity contribution < 1.29 is 14.4 Å². The number of benzene rings is 1. The van der Waals surface area contributed by atoms with E-state index in [2.05, 4.69) is 0 Å². The summed E-state index contributed by atoms with van der Waals surface area (Å²) in [5, 5.41) is 0. The zero-order valence-corrected chi connectivity index (χ0v) is 11.2.